The van der Waals surface area contributed by atoms with E-state index in [0.29, 0.717) is 32.0 Å². The summed E-state index contributed by atoms with van der Waals surface area (Å²) in [7, 11) is 2.03. The maximum absolute atomic E-state index is 12.2. The Hall–Kier alpha value is -1.30. The number of hydrogen-bond acceptors (Lipinski definition) is 3. The molecular weight excluding hydrogens is 246 g/mol. The Bertz CT molecular complexity index is 342. The molecule has 0 bridgehead atoms. The number of carbonyl (C=O) groups excluding carboxylic acids is 1. The number of piperazine rings is 1. The first-order valence-electron chi connectivity index (χ1n) is 6.87. The third kappa shape index (κ3) is 3.37. The van der Waals surface area contributed by atoms with E-state index < -0.39 is 11.5 Å². The van der Waals surface area contributed by atoms with Crippen LogP contribution in [-0.2, 0) is 4.79 Å². The lowest BCUT2D eigenvalue weighted by Crippen LogP contribution is -2.61. The van der Waals surface area contributed by atoms with Crippen LogP contribution in [0.2, 0.25) is 0 Å². The zero-order chi connectivity index (χ0) is 14.6. The van der Waals surface area contributed by atoms with Crippen LogP contribution in [0.25, 0.3) is 0 Å². The van der Waals surface area contributed by atoms with Crippen LogP contribution in [0, 0.1) is 0 Å². The molecule has 1 unspecified atom stereocenters. The molecule has 19 heavy (non-hydrogen) atoms. The van der Waals surface area contributed by atoms with Gasteiger partial charge in [0.2, 0.25) is 0 Å². The number of amides is 2. The van der Waals surface area contributed by atoms with Gasteiger partial charge in [-0.1, -0.05) is 13.8 Å². The number of urea groups is 1. The second kappa shape index (κ2) is 6.23. The van der Waals surface area contributed by atoms with Crippen LogP contribution in [0.15, 0.2) is 0 Å². The van der Waals surface area contributed by atoms with Gasteiger partial charge in [-0.3, -0.25) is 0 Å². The Kier molecular flexibility index (Phi) is 5.17. The molecule has 2 amide bonds. The van der Waals surface area contributed by atoms with Gasteiger partial charge in [0, 0.05) is 25.7 Å². The lowest BCUT2D eigenvalue weighted by molar-refractivity contribution is -0.144. The Morgan fingerprint density at radius 3 is 2.32 bits per heavy atom. The molecule has 0 aromatic heterocycles. The summed E-state index contributed by atoms with van der Waals surface area (Å²) >= 11 is 0. The Balaban J connectivity index is 2.70. The molecule has 0 aromatic carbocycles. The van der Waals surface area contributed by atoms with E-state index in [1.165, 1.54) is 0 Å². The molecular formula is C13H25N3O3. The highest BCUT2D eigenvalue weighted by Gasteiger charge is 2.38. The maximum atomic E-state index is 12.2. The lowest BCUT2D eigenvalue weighted by atomic mass is 9.93. The number of carboxylic acids is 1. The highest BCUT2D eigenvalue weighted by atomic mass is 16.4. The third-order valence-electron chi connectivity index (χ3n) is 4.21. The molecule has 6 nitrogen and oxygen atoms in total. The molecule has 1 saturated heterocycles. The van der Waals surface area contributed by atoms with E-state index >= 15 is 0 Å². The van der Waals surface area contributed by atoms with Gasteiger partial charge >= 0.3 is 12.0 Å². The molecule has 0 saturated carbocycles. The summed E-state index contributed by atoms with van der Waals surface area (Å²) in [4.78, 5) is 27.5. The number of carbonyl (C=O) groups is 2. The van der Waals surface area contributed by atoms with Crippen molar-refractivity contribution in [3.8, 4) is 0 Å². The van der Waals surface area contributed by atoms with Crippen molar-refractivity contribution in [2.45, 2.75) is 45.2 Å². The molecule has 1 fully saturated rings. The quantitative estimate of drug-likeness (QED) is 0.799. The fourth-order valence-corrected chi connectivity index (χ4v) is 2.30. The molecule has 0 aliphatic carbocycles. The van der Waals surface area contributed by atoms with Crippen molar-refractivity contribution >= 4 is 12.0 Å². The first-order chi connectivity index (χ1) is 8.86. The van der Waals surface area contributed by atoms with Crippen molar-refractivity contribution in [1.82, 2.24) is 15.1 Å². The number of carboxylic acid groups (broad SMARTS) is 1. The van der Waals surface area contributed by atoms with Gasteiger partial charge in [-0.15, -0.1) is 0 Å². The number of likely N-dealkylation sites (N-methyl/N-ethyl adjacent to an activating group) is 1. The third-order valence-corrected chi connectivity index (χ3v) is 4.21. The minimum Gasteiger partial charge on any atom is -0.480 e. The number of aliphatic carboxylic acids is 1. The van der Waals surface area contributed by atoms with Gasteiger partial charge in [0.1, 0.15) is 5.54 Å². The Labute approximate surface area is 114 Å². The number of rotatable bonds is 4. The van der Waals surface area contributed by atoms with Gasteiger partial charge in [0.15, 0.2) is 0 Å². The van der Waals surface area contributed by atoms with Crippen molar-refractivity contribution in [2.75, 3.05) is 26.7 Å². The second-order valence-electron chi connectivity index (χ2n) is 5.30. The van der Waals surface area contributed by atoms with Gasteiger partial charge in [0.25, 0.3) is 0 Å². The number of nitrogens with zero attached hydrogens (tertiary/aromatic N) is 2. The summed E-state index contributed by atoms with van der Waals surface area (Å²) < 4.78 is 0. The van der Waals surface area contributed by atoms with Crippen molar-refractivity contribution in [3.05, 3.63) is 0 Å². The van der Waals surface area contributed by atoms with E-state index in [0.717, 1.165) is 6.54 Å². The molecule has 0 spiro atoms. The molecule has 1 rings (SSSR count). The summed E-state index contributed by atoms with van der Waals surface area (Å²) in [5, 5.41) is 12.0. The zero-order valence-electron chi connectivity index (χ0n) is 12.3. The Morgan fingerprint density at radius 2 is 1.89 bits per heavy atom. The maximum Gasteiger partial charge on any atom is 0.329 e. The summed E-state index contributed by atoms with van der Waals surface area (Å²) in [5.41, 5.74) is -1.15. The molecule has 2 N–H and O–H groups in total. The fraction of sp³-hybridized carbons (Fsp3) is 0.846. The summed E-state index contributed by atoms with van der Waals surface area (Å²) in [5.74, 6) is -0.965. The van der Waals surface area contributed by atoms with Crippen molar-refractivity contribution in [2.24, 2.45) is 0 Å². The molecule has 0 aromatic rings. The summed E-state index contributed by atoms with van der Waals surface area (Å²) in [6.45, 7) is 7.70. The molecule has 1 aliphatic rings. The predicted octanol–water partition coefficient (Wildman–Crippen LogP) is 0.975. The standard InChI is InChI=1S/C13H25N3O3/c1-5-13(6-2,11(17)18)14-12(19)16-8-7-15(4)10(3)9-16/h10H,5-9H2,1-4H3,(H,14,19)(H,17,18). The topological polar surface area (TPSA) is 72.9 Å². The van der Waals surface area contributed by atoms with Crippen LogP contribution in [0.4, 0.5) is 4.79 Å². The first kappa shape index (κ1) is 15.8. The highest BCUT2D eigenvalue weighted by Crippen LogP contribution is 2.17. The van der Waals surface area contributed by atoms with Crippen LogP contribution in [-0.4, -0.2) is 65.2 Å². The predicted molar refractivity (Wildman–Crippen MR) is 73.1 cm³/mol. The lowest BCUT2D eigenvalue weighted by Gasteiger charge is -2.39. The van der Waals surface area contributed by atoms with Crippen LogP contribution < -0.4 is 5.32 Å². The van der Waals surface area contributed by atoms with E-state index in [9.17, 15) is 14.7 Å². The van der Waals surface area contributed by atoms with Crippen LogP contribution in [0.3, 0.4) is 0 Å². The van der Waals surface area contributed by atoms with Crippen LogP contribution >= 0.6 is 0 Å². The van der Waals surface area contributed by atoms with E-state index in [2.05, 4.69) is 17.1 Å². The minimum absolute atomic E-state index is 0.272. The number of nitrogens with one attached hydrogen (secondary N) is 1. The van der Waals surface area contributed by atoms with E-state index in [1.54, 1.807) is 18.7 Å². The molecule has 1 atom stereocenters. The van der Waals surface area contributed by atoms with Gasteiger partial charge < -0.3 is 20.2 Å². The number of hydrogen-bond donors (Lipinski definition) is 2. The zero-order valence-corrected chi connectivity index (χ0v) is 12.3. The fourth-order valence-electron chi connectivity index (χ4n) is 2.30. The van der Waals surface area contributed by atoms with E-state index in [-0.39, 0.29) is 6.03 Å². The first-order valence-corrected chi connectivity index (χ1v) is 6.87. The average Bonchev–Trinajstić information content (AvgIpc) is 2.38. The van der Waals surface area contributed by atoms with E-state index in [1.807, 2.05) is 7.05 Å². The molecule has 1 heterocycles. The minimum atomic E-state index is -1.15. The van der Waals surface area contributed by atoms with Crippen molar-refractivity contribution in [1.29, 1.82) is 0 Å². The van der Waals surface area contributed by atoms with Crippen LogP contribution in [0.5, 0.6) is 0 Å². The molecule has 0 radical (unpaired) electrons. The monoisotopic (exact) mass is 271 g/mol. The van der Waals surface area contributed by atoms with Gasteiger partial charge in [-0.25, -0.2) is 9.59 Å². The van der Waals surface area contributed by atoms with Gasteiger partial charge in [0.05, 0.1) is 0 Å². The summed E-state index contributed by atoms with van der Waals surface area (Å²) in [6, 6.07) is 0.0213. The Morgan fingerprint density at radius 1 is 1.32 bits per heavy atom. The second-order valence-corrected chi connectivity index (χ2v) is 5.30. The van der Waals surface area contributed by atoms with Crippen molar-refractivity contribution in [3.63, 3.8) is 0 Å². The van der Waals surface area contributed by atoms with Gasteiger partial charge in [-0.2, -0.15) is 0 Å². The largest absolute Gasteiger partial charge is 0.480 e. The average molecular weight is 271 g/mol. The summed E-state index contributed by atoms with van der Waals surface area (Å²) in [6.07, 6.45) is 0.766. The van der Waals surface area contributed by atoms with E-state index in [4.69, 9.17) is 0 Å². The molecule has 1 aliphatic heterocycles. The van der Waals surface area contributed by atoms with Crippen LogP contribution in [0.1, 0.15) is 33.6 Å². The highest BCUT2D eigenvalue weighted by molar-refractivity contribution is 5.86. The molecule has 110 valence electrons. The molecule has 6 heteroatoms. The smallest absolute Gasteiger partial charge is 0.329 e. The SMILES string of the molecule is CCC(CC)(NC(=O)N1CCN(C)C(C)C1)C(=O)O. The normalized spacial score (nSPS) is 21.3. The van der Waals surface area contributed by atoms with Crippen molar-refractivity contribution < 1.29 is 14.7 Å². The van der Waals surface area contributed by atoms with Gasteiger partial charge in [-0.05, 0) is 26.8 Å².